The molecule has 45 heavy (non-hydrogen) atoms. The maximum Gasteiger partial charge on any atom is 0.323 e. The number of nitrogens with one attached hydrogen (secondary N) is 3. The van der Waals surface area contributed by atoms with E-state index in [4.69, 9.17) is 24.4 Å². The molecule has 3 aliphatic heterocycles. The average molecular weight is 616 g/mol. The van der Waals surface area contributed by atoms with Gasteiger partial charge in [0.15, 0.2) is 5.82 Å². The molecule has 3 N–H and O–H groups in total. The highest BCUT2D eigenvalue weighted by atomic mass is 16.5. The summed E-state index contributed by atoms with van der Waals surface area (Å²) in [5.74, 6) is 1.72. The van der Waals surface area contributed by atoms with Gasteiger partial charge in [0.1, 0.15) is 0 Å². The van der Waals surface area contributed by atoms with Gasteiger partial charge in [0.2, 0.25) is 11.9 Å². The van der Waals surface area contributed by atoms with Gasteiger partial charge in [-0.3, -0.25) is 4.79 Å². The number of carbonyl (C=O) groups excluding carboxylic acids is 2. The van der Waals surface area contributed by atoms with Gasteiger partial charge in [-0.15, -0.1) is 0 Å². The van der Waals surface area contributed by atoms with Gasteiger partial charge in [-0.1, -0.05) is 6.42 Å². The number of ether oxygens (including phenoxy) is 2. The number of aromatic nitrogens is 3. The van der Waals surface area contributed by atoms with Crippen molar-refractivity contribution in [2.45, 2.75) is 19.3 Å². The first-order valence-corrected chi connectivity index (χ1v) is 15.8. The van der Waals surface area contributed by atoms with E-state index in [9.17, 15) is 9.59 Å². The maximum atomic E-state index is 12.7. The molecule has 3 amide bonds. The van der Waals surface area contributed by atoms with E-state index in [2.05, 4.69) is 30.7 Å². The standard InChI is InChI=1S/C32H41N9O4/c42-29(33-12-15-39-13-2-1-3-14-39)25-6-10-27(11-7-25)35-32(43)34-26-8-4-24(5-9-26)28-36-30(40-16-20-44-21-17-40)38-31(37-28)41-18-22-45-23-19-41/h4-11H,1-3,12-23H2,(H,33,42)(H2,34,35,43). The number of hydrogen-bond acceptors (Lipinski definition) is 10. The number of anilines is 4. The molecule has 0 saturated carbocycles. The number of morpholine rings is 2. The lowest BCUT2D eigenvalue weighted by Gasteiger charge is -2.30. The van der Waals surface area contributed by atoms with Crippen LogP contribution < -0.4 is 25.8 Å². The van der Waals surface area contributed by atoms with E-state index in [-0.39, 0.29) is 11.9 Å². The minimum atomic E-state index is -0.383. The molecule has 0 atom stereocenters. The van der Waals surface area contributed by atoms with Gasteiger partial charge in [-0.25, -0.2) is 4.79 Å². The second-order valence-corrected chi connectivity index (χ2v) is 11.3. The minimum absolute atomic E-state index is 0.115. The highest BCUT2D eigenvalue weighted by Gasteiger charge is 2.21. The van der Waals surface area contributed by atoms with Gasteiger partial charge in [0.05, 0.1) is 26.4 Å². The Balaban J connectivity index is 1.04. The van der Waals surface area contributed by atoms with Crippen molar-refractivity contribution in [1.29, 1.82) is 0 Å². The molecule has 2 aromatic carbocycles. The topological polar surface area (TPSA) is 137 Å². The van der Waals surface area contributed by atoms with Crippen LogP contribution >= 0.6 is 0 Å². The number of piperidine rings is 1. The molecule has 4 heterocycles. The molecule has 3 aromatic rings. The fraction of sp³-hybridized carbons (Fsp3) is 0.469. The summed E-state index contributed by atoms with van der Waals surface area (Å²) in [5.41, 5.74) is 2.58. The van der Waals surface area contributed by atoms with Gasteiger partial charge in [-0.05, 0) is 74.5 Å². The van der Waals surface area contributed by atoms with Gasteiger partial charge in [0, 0.05) is 61.8 Å². The van der Waals surface area contributed by atoms with Crippen molar-refractivity contribution in [3.63, 3.8) is 0 Å². The lowest BCUT2D eigenvalue weighted by atomic mass is 10.1. The van der Waals surface area contributed by atoms with Crippen LogP contribution in [0.1, 0.15) is 29.6 Å². The molecule has 6 rings (SSSR count). The van der Waals surface area contributed by atoms with Gasteiger partial charge >= 0.3 is 6.03 Å². The number of hydrogen-bond donors (Lipinski definition) is 3. The SMILES string of the molecule is O=C(Nc1ccc(C(=O)NCCN2CCCCC2)cc1)Nc1ccc(-c2nc(N3CCOCC3)nc(N3CCOCC3)n2)cc1. The normalized spacial score (nSPS) is 17.5. The third kappa shape index (κ3) is 8.44. The fourth-order valence-corrected chi connectivity index (χ4v) is 5.61. The molecule has 3 aliphatic rings. The average Bonchev–Trinajstić information content (AvgIpc) is 3.10. The predicted octanol–water partition coefficient (Wildman–Crippen LogP) is 3.07. The molecule has 0 aliphatic carbocycles. The molecule has 0 spiro atoms. The third-order valence-corrected chi connectivity index (χ3v) is 8.17. The van der Waals surface area contributed by atoms with Crippen molar-refractivity contribution < 1.29 is 19.1 Å². The van der Waals surface area contributed by atoms with Crippen molar-refractivity contribution in [2.24, 2.45) is 0 Å². The van der Waals surface area contributed by atoms with Crippen molar-refractivity contribution in [1.82, 2.24) is 25.2 Å². The monoisotopic (exact) mass is 615 g/mol. The van der Waals surface area contributed by atoms with Crippen LogP contribution in [0.3, 0.4) is 0 Å². The first kappa shape index (κ1) is 30.7. The summed E-state index contributed by atoms with van der Waals surface area (Å²) in [6.45, 7) is 9.12. The Labute approximate surface area is 263 Å². The zero-order valence-corrected chi connectivity index (χ0v) is 25.5. The van der Waals surface area contributed by atoms with E-state index in [0.717, 1.165) is 51.4 Å². The smallest absolute Gasteiger partial charge is 0.323 e. The molecular weight excluding hydrogens is 574 g/mol. The van der Waals surface area contributed by atoms with Crippen LogP contribution in [0.5, 0.6) is 0 Å². The summed E-state index contributed by atoms with van der Waals surface area (Å²) in [4.78, 5) is 46.2. The summed E-state index contributed by atoms with van der Waals surface area (Å²) in [6, 6.07) is 13.9. The van der Waals surface area contributed by atoms with Crippen molar-refractivity contribution >= 4 is 35.2 Å². The van der Waals surface area contributed by atoms with Crippen LogP contribution in [0.25, 0.3) is 11.4 Å². The summed E-state index contributed by atoms with van der Waals surface area (Å²) < 4.78 is 11.0. The van der Waals surface area contributed by atoms with E-state index < -0.39 is 0 Å². The van der Waals surface area contributed by atoms with Gasteiger partial charge < -0.3 is 40.1 Å². The number of likely N-dealkylation sites (tertiary alicyclic amines) is 1. The molecule has 3 fully saturated rings. The summed E-state index contributed by atoms with van der Waals surface area (Å²) in [7, 11) is 0. The zero-order valence-electron chi connectivity index (χ0n) is 25.5. The summed E-state index contributed by atoms with van der Waals surface area (Å²) in [5, 5.41) is 8.67. The van der Waals surface area contributed by atoms with E-state index in [1.165, 1.54) is 19.3 Å². The first-order chi connectivity index (χ1) is 22.1. The number of amides is 3. The Morgan fingerprint density at radius 1 is 0.667 bits per heavy atom. The largest absolute Gasteiger partial charge is 0.378 e. The number of benzene rings is 2. The Morgan fingerprint density at radius 2 is 1.20 bits per heavy atom. The van der Waals surface area contributed by atoms with Crippen LogP contribution in [-0.2, 0) is 9.47 Å². The predicted molar refractivity (Wildman–Crippen MR) is 173 cm³/mol. The summed E-state index contributed by atoms with van der Waals surface area (Å²) >= 11 is 0. The van der Waals surface area contributed by atoms with Crippen LogP contribution in [0.15, 0.2) is 48.5 Å². The van der Waals surface area contributed by atoms with Crippen molar-refractivity contribution in [3.05, 3.63) is 54.1 Å². The molecular formula is C32H41N9O4. The third-order valence-electron chi connectivity index (χ3n) is 8.17. The van der Waals surface area contributed by atoms with E-state index in [1.54, 1.807) is 24.3 Å². The number of urea groups is 1. The van der Waals surface area contributed by atoms with Gasteiger partial charge in [0.25, 0.3) is 5.91 Å². The second-order valence-electron chi connectivity index (χ2n) is 11.3. The molecule has 0 bridgehead atoms. The Kier molecular flexibility index (Phi) is 10.3. The van der Waals surface area contributed by atoms with Crippen molar-refractivity contribution in [3.8, 4) is 11.4 Å². The molecule has 3 saturated heterocycles. The molecule has 238 valence electrons. The van der Waals surface area contributed by atoms with Gasteiger partial charge in [-0.2, -0.15) is 15.0 Å². The Bertz CT molecular complexity index is 1380. The van der Waals surface area contributed by atoms with Crippen molar-refractivity contribution in [2.75, 3.05) is 99.2 Å². The number of rotatable bonds is 9. The van der Waals surface area contributed by atoms with Crippen LogP contribution in [0.2, 0.25) is 0 Å². The lowest BCUT2D eigenvalue weighted by molar-refractivity contribution is 0.0946. The number of carbonyl (C=O) groups is 2. The molecule has 0 unspecified atom stereocenters. The number of nitrogens with zero attached hydrogens (tertiary/aromatic N) is 6. The van der Waals surface area contributed by atoms with E-state index in [1.807, 2.05) is 24.3 Å². The van der Waals surface area contributed by atoms with E-state index >= 15 is 0 Å². The quantitative estimate of drug-likeness (QED) is 0.329. The highest BCUT2D eigenvalue weighted by molar-refractivity contribution is 6.00. The second kappa shape index (κ2) is 15.1. The van der Waals surface area contributed by atoms with Crippen LogP contribution in [0.4, 0.5) is 28.1 Å². The first-order valence-electron chi connectivity index (χ1n) is 15.8. The maximum absolute atomic E-state index is 12.7. The zero-order chi connectivity index (χ0) is 30.8. The highest BCUT2D eigenvalue weighted by Crippen LogP contribution is 2.24. The minimum Gasteiger partial charge on any atom is -0.378 e. The Morgan fingerprint density at radius 3 is 1.76 bits per heavy atom. The van der Waals surface area contributed by atoms with Crippen LogP contribution in [0, 0.1) is 0 Å². The lowest BCUT2D eigenvalue weighted by Crippen LogP contribution is -2.40. The molecule has 1 aromatic heterocycles. The van der Waals surface area contributed by atoms with Crippen LogP contribution in [-0.4, -0.2) is 111 Å². The molecule has 0 radical (unpaired) electrons. The Hall–Kier alpha value is -4.33. The van der Waals surface area contributed by atoms with E-state index in [0.29, 0.717) is 67.6 Å². The molecule has 13 heteroatoms. The molecule has 13 nitrogen and oxygen atoms in total. The fourth-order valence-electron chi connectivity index (χ4n) is 5.61. The summed E-state index contributed by atoms with van der Waals surface area (Å²) in [6.07, 6.45) is 3.76.